The number of carbonyl (C=O) groups is 1. The molecule has 0 fully saturated rings. The van der Waals surface area contributed by atoms with Gasteiger partial charge in [0, 0.05) is 4.88 Å². The third kappa shape index (κ3) is 3.40. The fourth-order valence-corrected chi connectivity index (χ4v) is 3.12. The van der Waals surface area contributed by atoms with Crippen LogP contribution < -0.4 is 0 Å². The highest BCUT2D eigenvalue weighted by Crippen LogP contribution is 2.21. The molecule has 3 nitrogen and oxygen atoms in total. The molecule has 5 heteroatoms. The van der Waals surface area contributed by atoms with Crippen molar-refractivity contribution >= 4 is 28.8 Å². The van der Waals surface area contributed by atoms with Gasteiger partial charge in [0.05, 0.1) is 29.9 Å². The van der Waals surface area contributed by atoms with Crippen LogP contribution in [-0.2, 0) is 13.1 Å². The van der Waals surface area contributed by atoms with E-state index in [-0.39, 0.29) is 5.91 Å². The van der Waals surface area contributed by atoms with Gasteiger partial charge in [0.2, 0.25) is 0 Å². The Morgan fingerprint density at radius 3 is 2.64 bits per heavy atom. The summed E-state index contributed by atoms with van der Waals surface area (Å²) in [4.78, 5) is 15.7. The maximum atomic E-state index is 12.8. The lowest BCUT2D eigenvalue weighted by atomic mass is 10.2. The van der Waals surface area contributed by atoms with Crippen LogP contribution in [0.5, 0.6) is 0 Å². The average molecular weight is 332 g/mol. The Labute approximate surface area is 137 Å². The molecule has 0 spiro atoms. The molecule has 0 N–H and O–H groups in total. The fourth-order valence-electron chi connectivity index (χ4n) is 2.19. The van der Waals surface area contributed by atoms with Crippen LogP contribution in [0.1, 0.15) is 21.0 Å². The highest BCUT2D eigenvalue weighted by atomic mass is 35.5. The summed E-state index contributed by atoms with van der Waals surface area (Å²) in [6.45, 7) is 0.942. The topological polar surface area (TPSA) is 33.5 Å². The van der Waals surface area contributed by atoms with Crippen molar-refractivity contribution in [1.29, 1.82) is 0 Å². The SMILES string of the molecule is O=C(c1ccccc1Cl)N(Cc1ccco1)Cc1cccs1. The zero-order valence-corrected chi connectivity index (χ0v) is 13.3. The average Bonchev–Trinajstić information content (AvgIpc) is 3.20. The Balaban J connectivity index is 1.87. The van der Waals surface area contributed by atoms with Crippen LogP contribution in [0, 0.1) is 0 Å². The van der Waals surface area contributed by atoms with Crippen molar-refractivity contribution in [2.45, 2.75) is 13.1 Å². The molecule has 0 aliphatic rings. The van der Waals surface area contributed by atoms with Crippen LogP contribution in [0.2, 0.25) is 5.02 Å². The molecular formula is C17H14ClNO2S. The summed E-state index contributed by atoms with van der Waals surface area (Å²) in [7, 11) is 0. The van der Waals surface area contributed by atoms with Gasteiger partial charge in [-0.05, 0) is 35.7 Å². The lowest BCUT2D eigenvalue weighted by molar-refractivity contribution is 0.0719. The molecule has 112 valence electrons. The van der Waals surface area contributed by atoms with Crippen LogP contribution in [0.15, 0.2) is 64.6 Å². The van der Waals surface area contributed by atoms with E-state index in [2.05, 4.69) is 0 Å². The third-order valence-corrected chi connectivity index (χ3v) is 4.44. The second-order valence-corrected chi connectivity index (χ2v) is 6.24. The summed E-state index contributed by atoms with van der Waals surface area (Å²) in [5.41, 5.74) is 0.507. The lowest BCUT2D eigenvalue weighted by Gasteiger charge is -2.21. The van der Waals surface area contributed by atoms with Crippen molar-refractivity contribution in [1.82, 2.24) is 4.90 Å². The molecule has 3 aromatic rings. The summed E-state index contributed by atoms with van der Waals surface area (Å²) in [6, 6.07) is 14.8. The van der Waals surface area contributed by atoms with Gasteiger partial charge in [-0.1, -0.05) is 29.8 Å². The predicted molar refractivity (Wildman–Crippen MR) is 88.1 cm³/mol. The fraction of sp³-hybridized carbons (Fsp3) is 0.118. The highest BCUT2D eigenvalue weighted by molar-refractivity contribution is 7.09. The van der Waals surface area contributed by atoms with Crippen molar-refractivity contribution in [2.75, 3.05) is 0 Å². The number of benzene rings is 1. The zero-order chi connectivity index (χ0) is 15.4. The molecule has 0 bridgehead atoms. The quantitative estimate of drug-likeness (QED) is 0.670. The molecule has 0 aliphatic heterocycles. The molecule has 0 atom stereocenters. The Morgan fingerprint density at radius 1 is 1.09 bits per heavy atom. The summed E-state index contributed by atoms with van der Waals surface area (Å²) in [5, 5.41) is 2.46. The van der Waals surface area contributed by atoms with E-state index in [0.29, 0.717) is 23.7 Å². The number of amides is 1. The van der Waals surface area contributed by atoms with Crippen molar-refractivity contribution in [2.24, 2.45) is 0 Å². The van der Waals surface area contributed by atoms with E-state index in [1.54, 1.807) is 34.6 Å². The first kappa shape index (κ1) is 14.9. The second-order valence-electron chi connectivity index (χ2n) is 4.80. The number of thiophene rings is 1. The molecule has 1 aromatic carbocycles. The van der Waals surface area contributed by atoms with E-state index in [9.17, 15) is 4.79 Å². The van der Waals surface area contributed by atoms with Crippen molar-refractivity contribution in [3.8, 4) is 0 Å². The second kappa shape index (κ2) is 6.81. The normalized spacial score (nSPS) is 10.6. The van der Waals surface area contributed by atoms with Gasteiger partial charge in [-0.25, -0.2) is 0 Å². The van der Waals surface area contributed by atoms with Crippen LogP contribution in [0.4, 0.5) is 0 Å². The molecule has 22 heavy (non-hydrogen) atoms. The third-order valence-electron chi connectivity index (χ3n) is 3.25. The molecule has 2 heterocycles. The summed E-state index contributed by atoms with van der Waals surface area (Å²) in [5.74, 6) is 0.646. The van der Waals surface area contributed by atoms with Crippen LogP contribution >= 0.6 is 22.9 Å². The van der Waals surface area contributed by atoms with Crippen LogP contribution in [-0.4, -0.2) is 10.8 Å². The van der Waals surface area contributed by atoms with Crippen LogP contribution in [0.3, 0.4) is 0 Å². The van der Waals surface area contributed by atoms with E-state index in [1.807, 2.05) is 41.8 Å². The van der Waals surface area contributed by atoms with Gasteiger partial charge < -0.3 is 9.32 Å². The number of hydrogen-bond donors (Lipinski definition) is 0. The van der Waals surface area contributed by atoms with Gasteiger partial charge in [-0.15, -0.1) is 11.3 Å². The monoisotopic (exact) mass is 331 g/mol. The Hall–Kier alpha value is -2.04. The minimum absolute atomic E-state index is 0.101. The molecule has 0 aliphatic carbocycles. The lowest BCUT2D eigenvalue weighted by Crippen LogP contribution is -2.29. The van der Waals surface area contributed by atoms with E-state index < -0.39 is 0 Å². The van der Waals surface area contributed by atoms with E-state index in [0.717, 1.165) is 10.6 Å². The number of hydrogen-bond acceptors (Lipinski definition) is 3. The highest BCUT2D eigenvalue weighted by Gasteiger charge is 2.20. The molecule has 0 saturated heterocycles. The molecule has 0 radical (unpaired) electrons. The standard InChI is InChI=1S/C17H14ClNO2S/c18-16-8-2-1-7-15(16)17(20)19(11-13-5-3-9-21-13)12-14-6-4-10-22-14/h1-10H,11-12H2. The maximum Gasteiger partial charge on any atom is 0.256 e. The number of rotatable bonds is 5. The summed E-state index contributed by atoms with van der Waals surface area (Å²) in [6.07, 6.45) is 1.61. The van der Waals surface area contributed by atoms with Gasteiger partial charge in [0.25, 0.3) is 5.91 Å². The first-order valence-corrected chi connectivity index (χ1v) is 8.08. The number of nitrogens with zero attached hydrogens (tertiary/aromatic N) is 1. The van der Waals surface area contributed by atoms with Crippen molar-refractivity contribution < 1.29 is 9.21 Å². The van der Waals surface area contributed by atoms with Crippen molar-refractivity contribution in [3.05, 3.63) is 81.4 Å². The van der Waals surface area contributed by atoms with E-state index in [4.69, 9.17) is 16.0 Å². The zero-order valence-electron chi connectivity index (χ0n) is 11.7. The van der Waals surface area contributed by atoms with Gasteiger partial charge in [0.15, 0.2) is 0 Å². The molecule has 3 rings (SSSR count). The smallest absolute Gasteiger partial charge is 0.256 e. The van der Waals surface area contributed by atoms with Gasteiger partial charge in [0.1, 0.15) is 5.76 Å². The summed E-state index contributed by atoms with van der Waals surface area (Å²) >= 11 is 7.78. The molecule has 0 unspecified atom stereocenters. The first-order valence-electron chi connectivity index (χ1n) is 6.82. The largest absolute Gasteiger partial charge is 0.467 e. The Kier molecular flexibility index (Phi) is 4.61. The number of halogens is 1. The first-order chi connectivity index (χ1) is 10.7. The molecule has 1 amide bonds. The molecule has 0 saturated carbocycles. The predicted octanol–water partition coefficient (Wildman–Crippen LogP) is 4.84. The van der Waals surface area contributed by atoms with Crippen molar-refractivity contribution in [3.63, 3.8) is 0 Å². The Morgan fingerprint density at radius 2 is 1.95 bits per heavy atom. The number of furan rings is 1. The van der Waals surface area contributed by atoms with Gasteiger partial charge in [-0.3, -0.25) is 4.79 Å². The minimum atomic E-state index is -0.101. The molecular weight excluding hydrogens is 318 g/mol. The number of carbonyl (C=O) groups excluding carboxylic acids is 1. The molecule has 2 aromatic heterocycles. The van der Waals surface area contributed by atoms with E-state index >= 15 is 0 Å². The van der Waals surface area contributed by atoms with Crippen LogP contribution in [0.25, 0.3) is 0 Å². The Bertz CT molecular complexity index is 702. The minimum Gasteiger partial charge on any atom is -0.467 e. The maximum absolute atomic E-state index is 12.8. The van der Waals surface area contributed by atoms with E-state index in [1.165, 1.54) is 0 Å². The summed E-state index contributed by atoms with van der Waals surface area (Å²) < 4.78 is 5.38. The van der Waals surface area contributed by atoms with Gasteiger partial charge in [-0.2, -0.15) is 0 Å². The van der Waals surface area contributed by atoms with Gasteiger partial charge >= 0.3 is 0 Å².